The second-order valence-corrected chi connectivity index (χ2v) is 15.4. The van der Waals surface area contributed by atoms with Crippen LogP contribution in [0.4, 0.5) is 0 Å². The molecule has 0 radical (unpaired) electrons. The van der Waals surface area contributed by atoms with Crippen LogP contribution in [0.15, 0.2) is 24.3 Å². The first-order valence-electron chi connectivity index (χ1n) is 14.9. The van der Waals surface area contributed by atoms with Crippen molar-refractivity contribution in [3.8, 4) is 0 Å². The van der Waals surface area contributed by atoms with Crippen molar-refractivity contribution in [2.75, 3.05) is 0 Å². The lowest BCUT2D eigenvalue weighted by Crippen LogP contribution is -2.19. The first-order valence-corrected chi connectivity index (χ1v) is 14.9. The van der Waals surface area contributed by atoms with Crippen molar-refractivity contribution in [1.82, 2.24) is 0 Å². The summed E-state index contributed by atoms with van der Waals surface area (Å²) in [4.78, 5) is 0. The number of rotatable bonds is 5. The Labute approximate surface area is 233 Å². The molecule has 2 aromatic rings. The summed E-state index contributed by atoms with van der Waals surface area (Å²) in [6, 6.07) is 9.67. The van der Waals surface area contributed by atoms with Crippen LogP contribution in [-0.4, -0.2) is 0 Å². The Morgan fingerprint density at radius 3 is 1.19 bits per heavy atom. The van der Waals surface area contributed by atoms with E-state index in [2.05, 4.69) is 135 Å². The van der Waals surface area contributed by atoms with Crippen LogP contribution in [0.1, 0.15) is 161 Å². The Hall–Kier alpha value is -1.56. The summed E-state index contributed by atoms with van der Waals surface area (Å²) in [7, 11) is 0. The summed E-state index contributed by atoms with van der Waals surface area (Å²) in [5.74, 6) is 0. The standard InChI is InChI=1S/C20H34.C17H28/c1-9-10-11-12-17-15(2)13-16(19(3,4)5)14-18(17)20(6,7)8;1-9-14-12(2)10-13(16(3,4)5)11-15(14)17(6,7)8/h13-14H,9-12H2,1-8H3;10-11H,9H2,1-8H3. The SMILES string of the molecule is CCCCCc1c(C)cc(C(C)(C)C)cc1C(C)(C)C.CCc1c(C)cc(C(C)(C)C)cc1C(C)(C)C. The third kappa shape index (κ3) is 9.60. The molecule has 0 bridgehead atoms. The van der Waals surface area contributed by atoms with Gasteiger partial charge in [-0.2, -0.15) is 0 Å². The van der Waals surface area contributed by atoms with E-state index in [1.54, 1.807) is 11.1 Å². The maximum absolute atomic E-state index is 2.47. The van der Waals surface area contributed by atoms with E-state index in [0.717, 1.165) is 6.42 Å². The van der Waals surface area contributed by atoms with Gasteiger partial charge in [-0.25, -0.2) is 0 Å². The molecule has 0 saturated heterocycles. The van der Waals surface area contributed by atoms with Gasteiger partial charge >= 0.3 is 0 Å². The van der Waals surface area contributed by atoms with Crippen molar-refractivity contribution in [2.45, 2.75) is 165 Å². The van der Waals surface area contributed by atoms with Crippen molar-refractivity contribution >= 4 is 0 Å². The van der Waals surface area contributed by atoms with E-state index in [1.165, 1.54) is 59.1 Å². The highest BCUT2D eigenvalue weighted by atomic mass is 14.3. The minimum atomic E-state index is 0.229. The molecule has 0 atom stereocenters. The molecule has 0 aliphatic carbocycles. The van der Waals surface area contributed by atoms with E-state index in [-0.39, 0.29) is 21.7 Å². The predicted molar refractivity (Wildman–Crippen MR) is 170 cm³/mol. The highest BCUT2D eigenvalue weighted by Crippen LogP contribution is 2.35. The van der Waals surface area contributed by atoms with Crippen molar-refractivity contribution in [3.63, 3.8) is 0 Å². The van der Waals surface area contributed by atoms with Gasteiger partial charge < -0.3 is 0 Å². The Balaban J connectivity index is 0.000000375. The Morgan fingerprint density at radius 1 is 0.486 bits per heavy atom. The normalized spacial score (nSPS) is 12.9. The first kappa shape index (κ1) is 33.5. The molecular formula is C37H62. The highest BCUT2D eigenvalue weighted by molar-refractivity contribution is 5.45. The molecule has 2 rings (SSSR count). The molecule has 0 aliphatic rings. The monoisotopic (exact) mass is 506 g/mol. The molecular weight excluding hydrogens is 444 g/mol. The van der Waals surface area contributed by atoms with Gasteiger partial charge in [0.25, 0.3) is 0 Å². The minimum Gasteiger partial charge on any atom is -0.0654 e. The molecule has 0 aliphatic heterocycles. The van der Waals surface area contributed by atoms with Gasteiger partial charge in [0.05, 0.1) is 0 Å². The quantitative estimate of drug-likeness (QED) is 0.354. The van der Waals surface area contributed by atoms with Crippen molar-refractivity contribution in [3.05, 3.63) is 68.8 Å². The van der Waals surface area contributed by atoms with Crippen LogP contribution in [0.25, 0.3) is 0 Å². The van der Waals surface area contributed by atoms with Gasteiger partial charge in [0.2, 0.25) is 0 Å². The number of hydrogen-bond acceptors (Lipinski definition) is 0. The molecule has 0 nitrogen and oxygen atoms in total. The zero-order valence-electron chi connectivity index (χ0n) is 27.8. The summed E-state index contributed by atoms with van der Waals surface area (Å²) >= 11 is 0. The number of benzene rings is 2. The topological polar surface area (TPSA) is 0 Å². The lowest BCUT2D eigenvalue weighted by Gasteiger charge is -2.29. The zero-order valence-corrected chi connectivity index (χ0v) is 27.8. The smallest absolute Gasteiger partial charge is 0.0129 e. The summed E-state index contributed by atoms with van der Waals surface area (Å²) < 4.78 is 0. The molecule has 0 fully saturated rings. The number of hydrogen-bond donors (Lipinski definition) is 0. The molecule has 0 spiro atoms. The van der Waals surface area contributed by atoms with Crippen molar-refractivity contribution in [1.29, 1.82) is 0 Å². The van der Waals surface area contributed by atoms with Crippen LogP contribution in [0, 0.1) is 13.8 Å². The largest absolute Gasteiger partial charge is 0.0654 e. The summed E-state index contributed by atoms with van der Waals surface area (Å²) in [6.45, 7) is 36.9. The molecule has 0 N–H and O–H groups in total. The van der Waals surface area contributed by atoms with Crippen LogP contribution in [0.3, 0.4) is 0 Å². The van der Waals surface area contributed by atoms with Crippen molar-refractivity contribution < 1.29 is 0 Å². The third-order valence-electron chi connectivity index (χ3n) is 7.68. The van der Waals surface area contributed by atoms with E-state index >= 15 is 0 Å². The molecule has 0 amide bonds. The fraction of sp³-hybridized carbons (Fsp3) is 0.676. The second-order valence-electron chi connectivity index (χ2n) is 15.4. The van der Waals surface area contributed by atoms with Gasteiger partial charge in [0.15, 0.2) is 0 Å². The Morgan fingerprint density at radius 2 is 0.865 bits per heavy atom. The first-order chi connectivity index (χ1) is 16.6. The lowest BCUT2D eigenvalue weighted by atomic mass is 9.76. The molecule has 0 heteroatoms. The molecule has 37 heavy (non-hydrogen) atoms. The maximum Gasteiger partial charge on any atom is -0.0129 e. The summed E-state index contributed by atoms with van der Waals surface area (Å²) in [5.41, 5.74) is 13.0. The third-order valence-corrected chi connectivity index (χ3v) is 7.68. The molecule has 2 aromatic carbocycles. The second kappa shape index (κ2) is 12.5. The van der Waals surface area contributed by atoms with Gasteiger partial charge in [0, 0.05) is 0 Å². The van der Waals surface area contributed by atoms with Gasteiger partial charge in [-0.1, -0.05) is 134 Å². The van der Waals surface area contributed by atoms with Gasteiger partial charge in [-0.3, -0.25) is 0 Å². The number of aryl methyl sites for hydroxylation is 2. The van der Waals surface area contributed by atoms with E-state index in [0.29, 0.717) is 0 Å². The van der Waals surface area contributed by atoms with E-state index < -0.39 is 0 Å². The summed E-state index contributed by atoms with van der Waals surface area (Å²) in [6.07, 6.45) is 6.31. The number of unbranched alkanes of at least 4 members (excludes halogenated alkanes) is 2. The Bertz CT molecular complexity index is 1000. The van der Waals surface area contributed by atoms with Crippen LogP contribution in [-0.2, 0) is 34.5 Å². The van der Waals surface area contributed by atoms with E-state index in [9.17, 15) is 0 Å². The summed E-state index contributed by atoms with van der Waals surface area (Å²) in [5, 5.41) is 0. The van der Waals surface area contributed by atoms with Crippen LogP contribution < -0.4 is 0 Å². The van der Waals surface area contributed by atoms with Gasteiger partial charge in [0.1, 0.15) is 0 Å². The molecule has 0 unspecified atom stereocenters. The Kier molecular flexibility index (Phi) is 11.3. The maximum atomic E-state index is 2.47. The van der Waals surface area contributed by atoms with E-state index in [1.807, 2.05) is 0 Å². The van der Waals surface area contributed by atoms with Crippen molar-refractivity contribution in [2.24, 2.45) is 0 Å². The lowest BCUT2D eigenvalue weighted by molar-refractivity contribution is 0.559. The van der Waals surface area contributed by atoms with Crippen LogP contribution in [0.2, 0.25) is 0 Å². The predicted octanol–water partition coefficient (Wildman–Crippen LogP) is 11.5. The van der Waals surface area contributed by atoms with Gasteiger partial charge in [-0.05, 0) is 99.3 Å². The average molecular weight is 507 g/mol. The fourth-order valence-electron chi connectivity index (χ4n) is 5.19. The molecule has 210 valence electrons. The molecule has 0 heterocycles. The van der Waals surface area contributed by atoms with Crippen LogP contribution in [0.5, 0.6) is 0 Å². The fourth-order valence-corrected chi connectivity index (χ4v) is 5.19. The molecule has 0 saturated carbocycles. The van der Waals surface area contributed by atoms with Gasteiger partial charge in [-0.15, -0.1) is 0 Å². The highest BCUT2D eigenvalue weighted by Gasteiger charge is 2.24. The zero-order chi connectivity index (χ0) is 29.0. The average Bonchev–Trinajstić information content (AvgIpc) is 2.71. The molecule has 0 aromatic heterocycles. The van der Waals surface area contributed by atoms with E-state index in [4.69, 9.17) is 0 Å². The van der Waals surface area contributed by atoms with Crippen LogP contribution >= 0.6 is 0 Å². The minimum absolute atomic E-state index is 0.229.